The molecule has 0 atom stereocenters. The highest BCUT2D eigenvalue weighted by molar-refractivity contribution is 5.78. The first-order valence-electron chi connectivity index (χ1n) is 5.68. The van der Waals surface area contributed by atoms with E-state index in [4.69, 9.17) is 5.73 Å². The van der Waals surface area contributed by atoms with Crippen LogP contribution in [0.25, 0.3) is 0 Å². The Morgan fingerprint density at radius 2 is 2.06 bits per heavy atom. The average molecular weight is 228 g/mol. The lowest BCUT2D eigenvalue weighted by Gasteiger charge is -2.20. The van der Waals surface area contributed by atoms with Gasteiger partial charge < -0.3 is 21.3 Å². The number of likely N-dealkylation sites (N-methyl/N-ethyl adjacent to an activating group) is 1. The molecule has 6 heteroatoms. The fourth-order valence-electron chi connectivity index (χ4n) is 1.60. The topological polar surface area (TPSA) is 87.5 Å². The number of nitrogens with two attached hydrogens (primary N) is 1. The standard InChI is InChI=1S/C10H20N4O2/c1-2-14(8-3-4-8)9(15)7-12-5-6-13-10(11)16/h8,12H,2-7H2,1H3,(H3,11,13,16). The van der Waals surface area contributed by atoms with E-state index in [1.165, 1.54) is 0 Å². The number of amides is 3. The number of urea groups is 1. The van der Waals surface area contributed by atoms with Gasteiger partial charge in [0.15, 0.2) is 0 Å². The number of nitrogens with one attached hydrogen (secondary N) is 2. The third-order valence-electron chi connectivity index (χ3n) is 2.53. The van der Waals surface area contributed by atoms with Crippen molar-refractivity contribution in [3.8, 4) is 0 Å². The molecule has 0 aromatic carbocycles. The molecule has 3 amide bonds. The molecule has 0 bridgehead atoms. The summed E-state index contributed by atoms with van der Waals surface area (Å²) in [6, 6.07) is -0.0793. The second-order valence-corrected chi connectivity index (χ2v) is 3.88. The number of primary amides is 1. The number of rotatable bonds is 7. The highest BCUT2D eigenvalue weighted by Crippen LogP contribution is 2.26. The first-order valence-corrected chi connectivity index (χ1v) is 5.68. The van der Waals surface area contributed by atoms with Gasteiger partial charge in [0.05, 0.1) is 6.54 Å². The minimum atomic E-state index is -0.540. The molecule has 0 aromatic heterocycles. The van der Waals surface area contributed by atoms with Gasteiger partial charge in [0.25, 0.3) is 0 Å². The molecule has 0 unspecified atom stereocenters. The van der Waals surface area contributed by atoms with E-state index in [0.29, 0.717) is 25.7 Å². The summed E-state index contributed by atoms with van der Waals surface area (Å²) in [5, 5.41) is 5.43. The summed E-state index contributed by atoms with van der Waals surface area (Å²) < 4.78 is 0. The van der Waals surface area contributed by atoms with Crippen LogP contribution < -0.4 is 16.4 Å². The van der Waals surface area contributed by atoms with Gasteiger partial charge in [0.1, 0.15) is 0 Å². The molecule has 0 saturated heterocycles. The Morgan fingerprint density at radius 1 is 1.38 bits per heavy atom. The molecule has 0 spiro atoms. The minimum Gasteiger partial charge on any atom is -0.352 e. The van der Waals surface area contributed by atoms with Crippen LogP contribution in [0.15, 0.2) is 0 Å². The van der Waals surface area contributed by atoms with Gasteiger partial charge in [-0.05, 0) is 19.8 Å². The van der Waals surface area contributed by atoms with E-state index in [-0.39, 0.29) is 5.91 Å². The van der Waals surface area contributed by atoms with Crippen molar-refractivity contribution in [1.29, 1.82) is 0 Å². The predicted molar refractivity (Wildman–Crippen MR) is 60.9 cm³/mol. The molecule has 4 N–H and O–H groups in total. The summed E-state index contributed by atoms with van der Waals surface area (Å²) in [4.78, 5) is 24.0. The van der Waals surface area contributed by atoms with E-state index in [2.05, 4.69) is 10.6 Å². The summed E-state index contributed by atoms with van der Waals surface area (Å²) in [6.45, 7) is 4.08. The maximum absolute atomic E-state index is 11.7. The molecule has 1 fully saturated rings. The van der Waals surface area contributed by atoms with Gasteiger partial charge in [-0.3, -0.25) is 4.79 Å². The number of hydrogen-bond acceptors (Lipinski definition) is 3. The van der Waals surface area contributed by atoms with Crippen molar-refractivity contribution in [3.05, 3.63) is 0 Å². The van der Waals surface area contributed by atoms with Crippen molar-refractivity contribution in [2.45, 2.75) is 25.8 Å². The average Bonchev–Trinajstić information content (AvgIpc) is 3.02. The molecule has 92 valence electrons. The normalized spacial score (nSPS) is 14.6. The van der Waals surface area contributed by atoms with Crippen molar-refractivity contribution in [3.63, 3.8) is 0 Å². The molecular weight excluding hydrogens is 208 g/mol. The maximum atomic E-state index is 11.7. The van der Waals surface area contributed by atoms with E-state index in [0.717, 1.165) is 19.4 Å². The first kappa shape index (κ1) is 12.8. The van der Waals surface area contributed by atoms with Crippen molar-refractivity contribution in [1.82, 2.24) is 15.5 Å². The lowest BCUT2D eigenvalue weighted by molar-refractivity contribution is -0.130. The zero-order valence-electron chi connectivity index (χ0n) is 9.66. The molecule has 1 aliphatic carbocycles. The third-order valence-corrected chi connectivity index (χ3v) is 2.53. The number of nitrogens with zero attached hydrogens (tertiary/aromatic N) is 1. The van der Waals surface area contributed by atoms with Crippen LogP contribution in [0, 0.1) is 0 Å². The van der Waals surface area contributed by atoms with E-state index in [9.17, 15) is 9.59 Å². The molecule has 0 heterocycles. The molecular formula is C10H20N4O2. The number of carbonyl (C=O) groups is 2. The fourth-order valence-corrected chi connectivity index (χ4v) is 1.60. The minimum absolute atomic E-state index is 0.129. The summed E-state index contributed by atoms with van der Waals surface area (Å²) in [5.41, 5.74) is 4.90. The Balaban J connectivity index is 2.07. The van der Waals surface area contributed by atoms with Crippen LogP contribution in [0.4, 0.5) is 4.79 Å². The lowest BCUT2D eigenvalue weighted by atomic mass is 10.4. The molecule has 1 aliphatic rings. The van der Waals surface area contributed by atoms with Crippen LogP contribution in [0.5, 0.6) is 0 Å². The Morgan fingerprint density at radius 3 is 2.56 bits per heavy atom. The third kappa shape index (κ3) is 4.48. The molecule has 0 radical (unpaired) electrons. The largest absolute Gasteiger partial charge is 0.352 e. The smallest absolute Gasteiger partial charge is 0.312 e. The highest BCUT2D eigenvalue weighted by Gasteiger charge is 2.30. The van der Waals surface area contributed by atoms with Crippen molar-refractivity contribution in [2.24, 2.45) is 5.73 Å². The van der Waals surface area contributed by atoms with E-state index in [1.807, 2.05) is 11.8 Å². The fraction of sp³-hybridized carbons (Fsp3) is 0.800. The van der Waals surface area contributed by atoms with E-state index >= 15 is 0 Å². The second-order valence-electron chi connectivity index (χ2n) is 3.88. The molecule has 1 saturated carbocycles. The summed E-state index contributed by atoms with van der Waals surface area (Å²) >= 11 is 0. The van der Waals surface area contributed by atoms with Gasteiger partial charge in [-0.2, -0.15) is 0 Å². The summed E-state index contributed by atoms with van der Waals surface area (Å²) in [5.74, 6) is 0.129. The van der Waals surface area contributed by atoms with Gasteiger partial charge in [-0.25, -0.2) is 4.79 Å². The molecule has 16 heavy (non-hydrogen) atoms. The van der Waals surface area contributed by atoms with Crippen LogP contribution in [0.1, 0.15) is 19.8 Å². The van der Waals surface area contributed by atoms with Gasteiger partial charge in [-0.15, -0.1) is 0 Å². The van der Waals surface area contributed by atoms with Crippen molar-refractivity contribution < 1.29 is 9.59 Å². The number of carbonyl (C=O) groups excluding carboxylic acids is 2. The molecule has 1 rings (SSSR count). The lowest BCUT2D eigenvalue weighted by Crippen LogP contribution is -2.42. The monoisotopic (exact) mass is 228 g/mol. The van der Waals surface area contributed by atoms with Crippen LogP contribution >= 0.6 is 0 Å². The Labute approximate surface area is 95.5 Å². The van der Waals surface area contributed by atoms with E-state index < -0.39 is 6.03 Å². The van der Waals surface area contributed by atoms with Crippen LogP contribution in [0.2, 0.25) is 0 Å². The number of hydrogen-bond donors (Lipinski definition) is 3. The quantitative estimate of drug-likeness (QED) is 0.501. The van der Waals surface area contributed by atoms with Crippen LogP contribution in [0.3, 0.4) is 0 Å². The van der Waals surface area contributed by atoms with E-state index in [1.54, 1.807) is 0 Å². The van der Waals surface area contributed by atoms with Gasteiger partial charge in [0, 0.05) is 25.7 Å². The Bertz CT molecular complexity index is 253. The van der Waals surface area contributed by atoms with Crippen LogP contribution in [-0.2, 0) is 4.79 Å². The van der Waals surface area contributed by atoms with Crippen molar-refractivity contribution in [2.75, 3.05) is 26.2 Å². The second kappa shape index (κ2) is 6.32. The summed E-state index contributed by atoms with van der Waals surface area (Å²) in [7, 11) is 0. The van der Waals surface area contributed by atoms with Crippen LogP contribution in [-0.4, -0.2) is 49.1 Å². The molecule has 6 nitrogen and oxygen atoms in total. The first-order chi connectivity index (χ1) is 7.65. The Hall–Kier alpha value is -1.30. The summed E-state index contributed by atoms with van der Waals surface area (Å²) in [6.07, 6.45) is 2.26. The zero-order chi connectivity index (χ0) is 12.0. The zero-order valence-corrected chi connectivity index (χ0v) is 9.66. The van der Waals surface area contributed by atoms with Gasteiger partial charge >= 0.3 is 6.03 Å². The maximum Gasteiger partial charge on any atom is 0.312 e. The highest BCUT2D eigenvalue weighted by atomic mass is 16.2. The van der Waals surface area contributed by atoms with Crippen molar-refractivity contribution >= 4 is 11.9 Å². The Kier molecular flexibility index (Phi) is 5.04. The van der Waals surface area contributed by atoms with Gasteiger partial charge in [0.2, 0.25) is 5.91 Å². The molecule has 0 aliphatic heterocycles. The molecule has 0 aromatic rings. The predicted octanol–water partition coefficient (Wildman–Crippen LogP) is -0.745. The SMILES string of the molecule is CCN(C(=O)CNCCNC(N)=O)C1CC1. The van der Waals surface area contributed by atoms with Gasteiger partial charge in [-0.1, -0.05) is 0 Å².